The van der Waals surface area contributed by atoms with Gasteiger partial charge in [0.2, 0.25) is 0 Å². The average Bonchev–Trinajstić information content (AvgIpc) is 2.76. The maximum absolute atomic E-state index is 12.9. The van der Waals surface area contributed by atoms with Crippen molar-refractivity contribution in [1.82, 2.24) is 0 Å². The second kappa shape index (κ2) is 15.9. The summed E-state index contributed by atoms with van der Waals surface area (Å²) < 4.78 is 14.9. The van der Waals surface area contributed by atoms with Gasteiger partial charge in [-0.05, 0) is 0 Å². The van der Waals surface area contributed by atoms with Crippen LogP contribution in [0.2, 0.25) is 13.3 Å². The molecule has 174 valence electrons. The van der Waals surface area contributed by atoms with Crippen LogP contribution in [0.1, 0.15) is 72.1 Å². The topological polar surface area (TPSA) is 72.8 Å². The molecule has 0 aliphatic heterocycles. The van der Waals surface area contributed by atoms with Crippen LogP contribution in [0.25, 0.3) is 0 Å². The van der Waals surface area contributed by atoms with Crippen molar-refractivity contribution in [2.75, 3.05) is 20.8 Å². The van der Waals surface area contributed by atoms with Gasteiger partial charge in [-0.1, -0.05) is 0 Å². The van der Waals surface area contributed by atoms with E-state index in [1.807, 2.05) is 0 Å². The number of rotatable bonds is 17. The molecule has 0 fully saturated rings. The predicted octanol–water partition coefficient (Wildman–Crippen LogP) is 5.59. The Balaban J connectivity index is 6.20. The first-order valence-corrected chi connectivity index (χ1v) is 18.9. The van der Waals surface area contributed by atoms with Crippen molar-refractivity contribution in [1.29, 1.82) is 0 Å². The summed E-state index contributed by atoms with van der Waals surface area (Å²) in [6, 6.07) is 0. The van der Waals surface area contributed by atoms with Gasteiger partial charge in [0.05, 0.1) is 0 Å². The second-order valence-electron chi connectivity index (χ2n) is 8.29. The van der Waals surface area contributed by atoms with Crippen LogP contribution in [0.15, 0.2) is 22.3 Å². The van der Waals surface area contributed by atoms with Gasteiger partial charge in [-0.15, -0.1) is 0 Å². The van der Waals surface area contributed by atoms with Crippen molar-refractivity contribution in [3.8, 4) is 0 Å². The SMILES string of the molecule is C=[C](CC(C/C=C/CO)(C(=O)OC)C(=O)OC)[Sn]([CH2]CCC)([CH2]CCC)[CH2]CCC. The minimum atomic E-state index is -2.85. The first kappa shape index (κ1) is 29.2. The van der Waals surface area contributed by atoms with Crippen LogP contribution in [-0.4, -0.2) is 56.2 Å². The Labute approximate surface area is 188 Å². The molecule has 6 heteroatoms. The van der Waals surface area contributed by atoms with Crippen LogP contribution in [-0.2, 0) is 19.1 Å². The third-order valence-electron chi connectivity index (χ3n) is 6.18. The van der Waals surface area contributed by atoms with Gasteiger partial charge in [0.1, 0.15) is 0 Å². The molecule has 0 aromatic carbocycles. The zero-order chi connectivity index (χ0) is 23.0. The number of esters is 2. The molecule has 0 rings (SSSR count). The quantitative estimate of drug-likeness (QED) is 0.115. The Kier molecular flexibility index (Phi) is 15.5. The molecule has 0 spiro atoms. The van der Waals surface area contributed by atoms with Crippen LogP contribution >= 0.6 is 0 Å². The van der Waals surface area contributed by atoms with Crippen molar-refractivity contribution < 1.29 is 24.2 Å². The molecule has 1 N–H and O–H groups in total. The Morgan fingerprint density at radius 3 is 1.67 bits per heavy atom. The summed E-state index contributed by atoms with van der Waals surface area (Å²) in [5, 5.41) is 9.13. The monoisotopic (exact) mass is 532 g/mol. The van der Waals surface area contributed by atoms with Gasteiger partial charge in [0, 0.05) is 0 Å². The van der Waals surface area contributed by atoms with E-state index in [1.54, 1.807) is 12.2 Å². The molecule has 30 heavy (non-hydrogen) atoms. The van der Waals surface area contributed by atoms with Crippen LogP contribution in [0.4, 0.5) is 0 Å². The van der Waals surface area contributed by atoms with Crippen molar-refractivity contribution in [3.63, 3.8) is 0 Å². The summed E-state index contributed by atoms with van der Waals surface area (Å²) in [7, 11) is 2.61. The number of methoxy groups -OCH3 is 2. The van der Waals surface area contributed by atoms with Crippen molar-refractivity contribution in [2.45, 2.75) is 85.4 Å². The molecular formula is C24H44O5Sn. The van der Waals surface area contributed by atoms with Crippen molar-refractivity contribution in [3.05, 3.63) is 22.3 Å². The van der Waals surface area contributed by atoms with E-state index in [4.69, 9.17) is 14.6 Å². The van der Waals surface area contributed by atoms with Crippen LogP contribution in [0.5, 0.6) is 0 Å². The normalized spacial score (nSPS) is 12.2. The number of aliphatic hydroxyl groups is 1. The van der Waals surface area contributed by atoms with Gasteiger partial charge in [0.25, 0.3) is 0 Å². The summed E-state index contributed by atoms with van der Waals surface area (Å²) in [5.41, 5.74) is -1.43. The summed E-state index contributed by atoms with van der Waals surface area (Å²) >= 11 is -2.85. The molecule has 0 saturated heterocycles. The fraction of sp³-hybridized carbons (Fsp3) is 0.750. The fourth-order valence-corrected chi connectivity index (χ4v) is 20.1. The van der Waals surface area contributed by atoms with E-state index in [2.05, 4.69) is 27.4 Å². The standard InChI is InChI=1S/C12H17O5.3C4H9.Sn/c1-4-7-12(10(14)16-2,11(15)17-3)8-5-6-9-13;3*1-3-4-2;/h5-6,13H,1,7-9H2,2-3H3;3*1,3-4H2,2H3;/b6-5+;;;;. The first-order valence-electron chi connectivity index (χ1n) is 11.4. The van der Waals surface area contributed by atoms with E-state index in [9.17, 15) is 9.59 Å². The van der Waals surface area contributed by atoms with Gasteiger partial charge < -0.3 is 0 Å². The third-order valence-corrected chi connectivity index (χ3v) is 22.2. The number of aliphatic hydroxyl groups excluding tert-OH is 1. The molecule has 0 bridgehead atoms. The van der Waals surface area contributed by atoms with E-state index in [-0.39, 0.29) is 19.4 Å². The van der Waals surface area contributed by atoms with Gasteiger partial charge in [-0.2, -0.15) is 0 Å². The molecule has 0 amide bonds. The third kappa shape index (κ3) is 8.37. The molecule has 5 nitrogen and oxygen atoms in total. The molecule has 0 aromatic heterocycles. The number of hydrogen-bond donors (Lipinski definition) is 1. The first-order chi connectivity index (χ1) is 14.3. The predicted molar refractivity (Wildman–Crippen MR) is 126 cm³/mol. The molecule has 0 aliphatic carbocycles. The van der Waals surface area contributed by atoms with E-state index in [1.165, 1.54) is 46.8 Å². The Hall–Kier alpha value is -0.821. The number of carbonyl (C=O) groups is 2. The van der Waals surface area contributed by atoms with Crippen LogP contribution in [0, 0.1) is 5.41 Å². The maximum atomic E-state index is 12.9. The van der Waals surface area contributed by atoms with Gasteiger partial charge in [-0.3, -0.25) is 0 Å². The number of unbranched alkanes of at least 4 members (excludes halogenated alkanes) is 3. The Morgan fingerprint density at radius 1 is 0.900 bits per heavy atom. The molecule has 0 atom stereocenters. The number of allylic oxidation sites excluding steroid dienone is 2. The minimum absolute atomic E-state index is 0.142. The van der Waals surface area contributed by atoms with Gasteiger partial charge in [-0.25, -0.2) is 0 Å². The zero-order valence-electron chi connectivity index (χ0n) is 19.9. The van der Waals surface area contributed by atoms with Crippen LogP contribution in [0.3, 0.4) is 0 Å². The number of hydrogen-bond acceptors (Lipinski definition) is 5. The average molecular weight is 531 g/mol. The van der Waals surface area contributed by atoms with Crippen molar-refractivity contribution in [2.24, 2.45) is 5.41 Å². The number of ether oxygens (including phenoxy) is 2. The molecular weight excluding hydrogens is 487 g/mol. The molecule has 0 aliphatic rings. The molecule has 0 radical (unpaired) electrons. The number of carbonyl (C=O) groups excluding carboxylic acids is 2. The summed E-state index contributed by atoms with van der Waals surface area (Å²) in [6.45, 7) is 11.0. The van der Waals surface area contributed by atoms with E-state index >= 15 is 0 Å². The Morgan fingerprint density at radius 2 is 1.33 bits per heavy atom. The molecule has 0 saturated carbocycles. The Bertz CT molecular complexity index is 518. The van der Waals surface area contributed by atoms with Crippen LogP contribution < -0.4 is 0 Å². The molecule has 0 unspecified atom stereocenters. The van der Waals surface area contributed by atoms with E-state index in [0.717, 1.165) is 22.9 Å². The van der Waals surface area contributed by atoms with Crippen molar-refractivity contribution >= 4 is 30.3 Å². The molecule has 0 heterocycles. The van der Waals surface area contributed by atoms with Gasteiger partial charge in [0.15, 0.2) is 0 Å². The van der Waals surface area contributed by atoms with Gasteiger partial charge >= 0.3 is 188 Å². The second-order valence-corrected chi connectivity index (χ2v) is 21.9. The summed E-state index contributed by atoms with van der Waals surface area (Å²) in [4.78, 5) is 25.8. The fourth-order valence-electron chi connectivity index (χ4n) is 4.22. The molecule has 0 aromatic rings. The van der Waals surface area contributed by atoms with E-state index in [0.29, 0.717) is 0 Å². The van der Waals surface area contributed by atoms with E-state index < -0.39 is 35.7 Å². The summed E-state index contributed by atoms with van der Waals surface area (Å²) in [5.74, 6) is -1.17. The zero-order valence-corrected chi connectivity index (χ0v) is 22.8. The summed E-state index contributed by atoms with van der Waals surface area (Å²) in [6.07, 6.45) is 10.6.